The lowest BCUT2D eigenvalue weighted by Gasteiger charge is -2.29. The number of hydrogen-bond donors (Lipinski definition) is 3. The number of carbonyl (C=O) groups excluding carboxylic acids is 1. The summed E-state index contributed by atoms with van der Waals surface area (Å²) in [5.74, 6) is 1.59. The molecule has 0 bridgehead atoms. The van der Waals surface area contributed by atoms with Gasteiger partial charge in [-0.05, 0) is 37.1 Å². The van der Waals surface area contributed by atoms with Crippen LogP contribution in [0, 0.1) is 0 Å². The van der Waals surface area contributed by atoms with E-state index in [0.29, 0.717) is 11.0 Å². The predicted molar refractivity (Wildman–Crippen MR) is 84.4 cm³/mol. The highest BCUT2D eigenvalue weighted by atomic mass is 32.2. The molecule has 1 aliphatic carbocycles. The normalized spacial score (nSPS) is 23.5. The Labute approximate surface area is 129 Å². The Morgan fingerprint density at radius 1 is 1.57 bits per heavy atom. The molecule has 0 aromatic carbocycles. The second-order valence-corrected chi connectivity index (χ2v) is 6.90. The number of nitrogens with one attached hydrogen (secondary N) is 2. The summed E-state index contributed by atoms with van der Waals surface area (Å²) in [5.41, 5.74) is 0. The molecule has 1 heterocycles. The number of rotatable bonds is 6. The number of aliphatic hydroxyl groups excluding tert-OH is 1. The van der Waals surface area contributed by atoms with Crippen molar-refractivity contribution in [3.63, 3.8) is 0 Å². The lowest BCUT2D eigenvalue weighted by molar-refractivity contribution is 0.147. The number of furan rings is 1. The molecule has 1 saturated carbocycles. The van der Waals surface area contributed by atoms with Crippen LogP contribution in [-0.4, -0.2) is 34.7 Å². The van der Waals surface area contributed by atoms with E-state index >= 15 is 0 Å². The monoisotopic (exact) mass is 312 g/mol. The van der Waals surface area contributed by atoms with Gasteiger partial charge >= 0.3 is 6.03 Å². The summed E-state index contributed by atoms with van der Waals surface area (Å²) in [6.07, 6.45) is 5.18. The molecule has 3 unspecified atom stereocenters. The fourth-order valence-corrected chi connectivity index (χ4v) is 3.84. The zero-order valence-corrected chi connectivity index (χ0v) is 13.2. The second-order valence-electron chi connectivity index (χ2n) is 5.33. The molecule has 0 aliphatic heterocycles. The number of aliphatic hydroxyl groups is 1. The quantitative estimate of drug-likeness (QED) is 0.755. The Morgan fingerprint density at radius 2 is 2.43 bits per heavy atom. The summed E-state index contributed by atoms with van der Waals surface area (Å²) < 4.78 is 5.09. The van der Waals surface area contributed by atoms with Crippen LogP contribution in [0.5, 0.6) is 0 Å². The van der Waals surface area contributed by atoms with Crippen LogP contribution >= 0.6 is 11.8 Å². The maximum Gasteiger partial charge on any atom is 0.315 e. The summed E-state index contributed by atoms with van der Waals surface area (Å²) in [5, 5.41) is 16.2. The van der Waals surface area contributed by atoms with E-state index in [1.807, 2.05) is 11.8 Å². The Hall–Kier alpha value is -1.14. The van der Waals surface area contributed by atoms with Crippen LogP contribution in [-0.2, 0) is 0 Å². The number of carbonyl (C=O) groups is 1. The van der Waals surface area contributed by atoms with E-state index < -0.39 is 6.10 Å². The first kappa shape index (κ1) is 16.2. The molecule has 118 valence electrons. The van der Waals surface area contributed by atoms with Gasteiger partial charge in [0.05, 0.1) is 12.8 Å². The molecule has 0 radical (unpaired) electrons. The Morgan fingerprint density at radius 3 is 3.14 bits per heavy atom. The number of hydrogen-bond acceptors (Lipinski definition) is 4. The van der Waals surface area contributed by atoms with Crippen molar-refractivity contribution in [1.82, 2.24) is 10.6 Å². The Balaban J connectivity index is 1.69. The summed E-state index contributed by atoms with van der Waals surface area (Å²) >= 11 is 1.98. The smallest absolute Gasteiger partial charge is 0.315 e. The van der Waals surface area contributed by atoms with Crippen LogP contribution in [0.15, 0.2) is 22.8 Å². The van der Waals surface area contributed by atoms with Crippen molar-refractivity contribution in [3.8, 4) is 0 Å². The van der Waals surface area contributed by atoms with Crippen molar-refractivity contribution in [3.05, 3.63) is 24.2 Å². The first-order valence-electron chi connectivity index (χ1n) is 7.56. The van der Waals surface area contributed by atoms with Gasteiger partial charge < -0.3 is 20.2 Å². The molecule has 1 fully saturated rings. The van der Waals surface area contributed by atoms with Crippen molar-refractivity contribution in [2.45, 2.75) is 50.0 Å². The first-order chi connectivity index (χ1) is 10.2. The van der Waals surface area contributed by atoms with Crippen LogP contribution in [0.2, 0.25) is 0 Å². The maximum atomic E-state index is 11.9. The van der Waals surface area contributed by atoms with Gasteiger partial charge in [0.2, 0.25) is 0 Å². The van der Waals surface area contributed by atoms with Gasteiger partial charge in [-0.25, -0.2) is 4.79 Å². The average molecular weight is 312 g/mol. The standard InChI is InChI=1S/C15H24N2O3S/c1-2-21-12-6-3-5-11(9-12)17-15(19)16-10-13(18)14-7-4-8-20-14/h4,7-8,11-13,18H,2-3,5-6,9-10H2,1H3,(H2,16,17,19). The van der Waals surface area contributed by atoms with Crippen LogP contribution in [0.25, 0.3) is 0 Å². The highest BCUT2D eigenvalue weighted by Crippen LogP contribution is 2.28. The zero-order chi connectivity index (χ0) is 15.1. The lowest BCUT2D eigenvalue weighted by atomic mass is 9.95. The fraction of sp³-hybridized carbons (Fsp3) is 0.667. The highest BCUT2D eigenvalue weighted by molar-refractivity contribution is 7.99. The summed E-state index contributed by atoms with van der Waals surface area (Å²) in [6.45, 7) is 2.32. The summed E-state index contributed by atoms with van der Waals surface area (Å²) in [4.78, 5) is 11.9. The summed E-state index contributed by atoms with van der Waals surface area (Å²) in [7, 11) is 0. The molecular weight excluding hydrogens is 288 g/mol. The van der Waals surface area contributed by atoms with Crippen molar-refractivity contribution < 1.29 is 14.3 Å². The molecule has 2 rings (SSSR count). The molecule has 0 spiro atoms. The second kappa shape index (κ2) is 8.34. The third kappa shape index (κ3) is 5.28. The van der Waals surface area contributed by atoms with E-state index in [9.17, 15) is 9.90 Å². The first-order valence-corrected chi connectivity index (χ1v) is 8.61. The molecule has 1 aromatic rings. The minimum absolute atomic E-state index is 0.152. The van der Waals surface area contributed by atoms with Gasteiger partial charge in [-0.2, -0.15) is 11.8 Å². The van der Waals surface area contributed by atoms with Crippen LogP contribution in [0.4, 0.5) is 4.79 Å². The topological polar surface area (TPSA) is 74.5 Å². The third-order valence-electron chi connectivity index (χ3n) is 3.69. The van der Waals surface area contributed by atoms with Gasteiger partial charge in [-0.1, -0.05) is 13.3 Å². The SMILES string of the molecule is CCSC1CCCC(NC(=O)NCC(O)c2ccco2)C1. The minimum atomic E-state index is -0.805. The maximum absolute atomic E-state index is 11.9. The van der Waals surface area contributed by atoms with E-state index in [2.05, 4.69) is 17.6 Å². The molecule has 21 heavy (non-hydrogen) atoms. The fourth-order valence-electron chi connectivity index (χ4n) is 2.67. The molecular formula is C15H24N2O3S. The molecule has 3 atom stereocenters. The molecule has 1 aromatic heterocycles. The zero-order valence-electron chi connectivity index (χ0n) is 12.4. The lowest BCUT2D eigenvalue weighted by Crippen LogP contribution is -2.45. The highest BCUT2D eigenvalue weighted by Gasteiger charge is 2.23. The number of urea groups is 1. The molecule has 0 saturated heterocycles. The molecule has 6 heteroatoms. The molecule has 2 amide bonds. The van der Waals surface area contributed by atoms with Crippen LogP contribution in [0.3, 0.4) is 0 Å². The molecule has 3 N–H and O–H groups in total. The van der Waals surface area contributed by atoms with Gasteiger partial charge in [0.25, 0.3) is 0 Å². The average Bonchev–Trinajstić information content (AvgIpc) is 3.00. The van der Waals surface area contributed by atoms with Gasteiger partial charge in [-0.3, -0.25) is 0 Å². The van der Waals surface area contributed by atoms with E-state index in [1.54, 1.807) is 12.1 Å². The number of amides is 2. The van der Waals surface area contributed by atoms with Gasteiger partial charge in [0.1, 0.15) is 11.9 Å². The van der Waals surface area contributed by atoms with Crippen LogP contribution in [0.1, 0.15) is 44.5 Å². The Bertz CT molecular complexity index is 423. The summed E-state index contributed by atoms with van der Waals surface area (Å²) in [6, 6.07) is 3.43. The van der Waals surface area contributed by atoms with Crippen LogP contribution < -0.4 is 10.6 Å². The van der Waals surface area contributed by atoms with E-state index in [1.165, 1.54) is 12.7 Å². The van der Waals surface area contributed by atoms with Gasteiger partial charge in [0, 0.05) is 11.3 Å². The van der Waals surface area contributed by atoms with Crippen molar-refractivity contribution in [2.24, 2.45) is 0 Å². The van der Waals surface area contributed by atoms with E-state index in [0.717, 1.165) is 25.0 Å². The van der Waals surface area contributed by atoms with Gasteiger partial charge in [0.15, 0.2) is 0 Å². The Kier molecular flexibility index (Phi) is 6.45. The number of thioether (sulfide) groups is 1. The third-order valence-corrected chi connectivity index (χ3v) is 4.92. The molecule has 5 nitrogen and oxygen atoms in total. The van der Waals surface area contributed by atoms with E-state index in [4.69, 9.17) is 4.42 Å². The van der Waals surface area contributed by atoms with Crippen molar-refractivity contribution >= 4 is 17.8 Å². The van der Waals surface area contributed by atoms with Gasteiger partial charge in [-0.15, -0.1) is 0 Å². The van der Waals surface area contributed by atoms with Crippen molar-refractivity contribution in [1.29, 1.82) is 0 Å². The van der Waals surface area contributed by atoms with E-state index in [-0.39, 0.29) is 18.6 Å². The van der Waals surface area contributed by atoms with Crippen molar-refractivity contribution in [2.75, 3.05) is 12.3 Å². The largest absolute Gasteiger partial charge is 0.467 e. The predicted octanol–water partition coefficient (Wildman–Crippen LogP) is 2.68. The minimum Gasteiger partial charge on any atom is -0.467 e. The molecule has 1 aliphatic rings.